The molecule has 0 amide bonds. The first kappa shape index (κ1) is 19.3. The van der Waals surface area contributed by atoms with Crippen LogP contribution < -0.4 is 14.8 Å². The quantitative estimate of drug-likeness (QED) is 0.801. The van der Waals surface area contributed by atoms with Gasteiger partial charge in [0.15, 0.2) is 11.5 Å². The third-order valence-corrected chi connectivity index (χ3v) is 3.45. The number of hydrogen-bond acceptors (Lipinski definition) is 3. The van der Waals surface area contributed by atoms with Gasteiger partial charge in [-0.3, -0.25) is 0 Å². The Bertz CT molecular complexity index is 750. The number of benzene rings is 2. The Morgan fingerprint density at radius 1 is 0.960 bits per heavy atom. The lowest BCUT2D eigenvalue weighted by Crippen LogP contribution is -2.50. The predicted octanol–water partition coefficient (Wildman–Crippen LogP) is 4.30. The van der Waals surface area contributed by atoms with Gasteiger partial charge in [0.25, 0.3) is 0 Å². The second kappa shape index (κ2) is 7.45. The van der Waals surface area contributed by atoms with E-state index < -0.39 is 23.7 Å². The number of halogens is 6. The van der Waals surface area contributed by atoms with Crippen molar-refractivity contribution in [3.63, 3.8) is 0 Å². The van der Waals surface area contributed by atoms with Gasteiger partial charge in [-0.25, -0.2) is 8.78 Å². The zero-order chi connectivity index (χ0) is 17.3. The van der Waals surface area contributed by atoms with E-state index in [1.165, 1.54) is 12.1 Å². The van der Waals surface area contributed by atoms with Crippen LogP contribution in [0.5, 0.6) is 11.5 Å². The van der Waals surface area contributed by atoms with Crippen molar-refractivity contribution in [2.24, 2.45) is 0 Å². The first-order valence-electron chi connectivity index (χ1n) is 7.04. The van der Waals surface area contributed by atoms with Crippen LogP contribution in [0.4, 0.5) is 22.0 Å². The number of ether oxygens (including phenoxy) is 2. The van der Waals surface area contributed by atoms with Crippen LogP contribution in [0.15, 0.2) is 36.4 Å². The highest BCUT2D eigenvalue weighted by Crippen LogP contribution is 2.37. The molecule has 3 rings (SSSR count). The van der Waals surface area contributed by atoms with E-state index in [0.717, 1.165) is 24.3 Å². The van der Waals surface area contributed by atoms with Gasteiger partial charge in [0.2, 0.25) is 0 Å². The summed E-state index contributed by atoms with van der Waals surface area (Å²) in [5.41, 5.74) is -0.121. The molecule has 136 valence electrons. The minimum absolute atomic E-state index is 0. The first-order valence-corrected chi connectivity index (χ1v) is 7.04. The van der Waals surface area contributed by atoms with Crippen molar-refractivity contribution < 1.29 is 31.4 Å². The Kier molecular flexibility index (Phi) is 5.74. The van der Waals surface area contributed by atoms with E-state index in [9.17, 15) is 22.0 Å². The molecule has 9 heteroatoms. The number of rotatable bonds is 4. The van der Waals surface area contributed by atoms with Gasteiger partial charge in [-0.05, 0) is 35.9 Å². The lowest BCUT2D eigenvalue weighted by atomic mass is 10.0. The molecule has 25 heavy (non-hydrogen) atoms. The van der Waals surface area contributed by atoms with E-state index >= 15 is 0 Å². The van der Waals surface area contributed by atoms with E-state index in [2.05, 4.69) is 10.1 Å². The monoisotopic (exact) mass is 381 g/mol. The van der Waals surface area contributed by atoms with Crippen LogP contribution in [0.2, 0.25) is 0 Å². The standard InChI is InChI=1S/C16H12F5NO2.ClH/c17-10-2-3-13(18)12(6-10)9-1-4-14(23-11-7-22-8-11)15(5-9)24-16(19,20)21;/h1-6,11,22H,7-8H2;1H. The molecular formula is C16H13ClF5NO2. The minimum Gasteiger partial charge on any atom is -0.484 e. The topological polar surface area (TPSA) is 30.5 Å². The van der Waals surface area contributed by atoms with E-state index in [-0.39, 0.29) is 35.4 Å². The molecule has 1 saturated heterocycles. The number of nitrogens with one attached hydrogen (secondary N) is 1. The van der Waals surface area contributed by atoms with Crippen molar-refractivity contribution in [1.29, 1.82) is 0 Å². The Morgan fingerprint density at radius 3 is 2.28 bits per heavy atom. The van der Waals surface area contributed by atoms with Crippen LogP contribution in [0.1, 0.15) is 0 Å². The van der Waals surface area contributed by atoms with Crippen LogP contribution in [0.25, 0.3) is 11.1 Å². The van der Waals surface area contributed by atoms with Gasteiger partial charge in [0.1, 0.15) is 17.7 Å². The highest BCUT2D eigenvalue weighted by molar-refractivity contribution is 5.85. The summed E-state index contributed by atoms with van der Waals surface area (Å²) in [6.07, 6.45) is -5.20. The number of hydrogen-bond donors (Lipinski definition) is 1. The van der Waals surface area contributed by atoms with Crippen LogP contribution >= 0.6 is 12.4 Å². The van der Waals surface area contributed by atoms with Gasteiger partial charge in [-0.15, -0.1) is 25.6 Å². The van der Waals surface area contributed by atoms with Crippen molar-refractivity contribution in [2.45, 2.75) is 12.5 Å². The van der Waals surface area contributed by atoms with E-state index in [1.807, 2.05) is 0 Å². The normalized spacial score (nSPS) is 14.4. The molecule has 0 bridgehead atoms. The zero-order valence-corrected chi connectivity index (χ0v) is 13.4. The van der Waals surface area contributed by atoms with Gasteiger partial charge >= 0.3 is 6.36 Å². The fourth-order valence-electron chi connectivity index (χ4n) is 2.22. The maximum absolute atomic E-state index is 13.8. The molecule has 0 aliphatic carbocycles. The number of alkyl halides is 3. The summed E-state index contributed by atoms with van der Waals surface area (Å²) in [6.45, 7) is 1.01. The van der Waals surface area contributed by atoms with Crippen LogP contribution in [-0.4, -0.2) is 25.6 Å². The molecule has 0 unspecified atom stereocenters. The molecule has 0 aromatic heterocycles. The van der Waals surface area contributed by atoms with Gasteiger partial charge in [0, 0.05) is 18.7 Å². The Hall–Kier alpha value is -2.06. The summed E-state index contributed by atoms with van der Waals surface area (Å²) in [7, 11) is 0. The minimum atomic E-state index is -4.94. The summed E-state index contributed by atoms with van der Waals surface area (Å²) in [4.78, 5) is 0. The smallest absolute Gasteiger partial charge is 0.484 e. The second-order valence-electron chi connectivity index (χ2n) is 5.23. The molecule has 1 aliphatic rings. The largest absolute Gasteiger partial charge is 0.573 e. The van der Waals surface area contributed by atoms with Crippen molar-refractivity contribution in [1.82, 2.24) is 5.32 Å². The fourth-order valence-corrected chi connectivity index (χ4v) is 2.22. The van der Waals surface area contributed by atoms with E-state index in [0.29, 0.717) is 13.1 Å². The fraction of sp³-hybridized carbons (Fsp3) is 0.250. The third-order valence-electron chi connectivity index (χ3n) is 3.45. The molecule has 2 aromatic rings. The SMILES string of the molecule is Cl.Fc1ccc(F)c(-c2ccc(OC3CNC3)c(OC(F)(F)F)c2)c1. The average molecular weight is 382 g/mol. The molecule has 0 saturated carbocycles. The van der Waals surface area contributed by atoms with Crippen molar-refractivity contribution in [2.75, 3.05) is 13.1 Å². The molecule has 0 atom stereocenters. The van der Waals surface area contributed by atoms with E-state index in [4.69, 9.17) is 4.74 Å². The maximum atomic E-state index is 13.8. The van der Waals surface area contributed by atoms with E-state index in [1.54, 1.807) is 0 Å². The van der Waals surface area contributed by atoms with Gasteiger partial charge in [-0.1, -0.05) is 6.07 Å². The molecule has 2 aromatic carbocycles. The Morgan fingerprint density at radius 2 is 1.68 bits per heavy atom. The highest BCUT2D eigenvalue weighted by atomic mass is 35.5. The van der Waals surface area contributed by atoms with Crippen LogP contribution in [-0.2, 0) is 0 Å². The summed E-state index contributed by atoms with van der Waals surface area (Å²) in [5, 5.41) is 2.92. The molecule has 0 radical (unpaired) electrons. The third kappa shape index (κ3) is 4.73. The van der Waals surface area contributed by atoms with Crippen molar-refractivity contribution in [3.05, 3.63) is 48.0 Å². The molecule has 1 fully saturated rings. The Labute approximate surface area is 146 Å². The van der Waals surface area contributed by atoms with Crippen LogP contribution in [0.3, 0.4) is 0 Å². The van der Waals surface area contributed by atoms with Crippen LogP contribution in [0, 0.1) is 11.6 Å². The molecule has 0 spiro atoms. The second-order valence-corrected chi connectivity index (χ2v) is 5.23. The summed E-state index contributed by atoms with van der Waals surface area (Å²) >= 11 is 0. The highest BCUT2D eigenvalue weighted by Gasteiger charge is 2.33. The molecular weight excluding hydrogens is 369 g/mol. The molecule has 1 heterocycles. The molecule has 3 nitrogen and oxygen atoms in total. The molecule has 1 aliphatic heterocycles. The lowest BCUT2D eigenvalue weighted by molar-refractivity contribution is -0.275. The summed E-state index contributed by atoms with van der Waals surface area (Å²) < 4.78 is 74.3. The summed E-state index contributed by atoms with van der Waals surface area (Å²) in [5.74, 6) is -2.17. The lowest BCUT2D eigenvalue weighted by Gasteiger charge is -2.28. The molecule has 1 N–H and O–H groups in total. The zero-order valence-electron chi connectivity index (χ0n) is 12.6. The van der Waals surface area contributed by atoms with Gasteiger partial charge in [-0.2, -0.15) is 0 Å². The van der Waals surface area contributed by atoms with Gasteiger partial charge in [0.05, 0.1) is 0 Å². The Balaban J connectivity index is 0.00000225. The maximum Gasteiger partial charge on any atom is 0.573 e. The average Bonchev–Trinajstić information content (AvgIpc) is 2.45. The first-order chi connectivity index (χ1) is 11.3. The predicted molar refractivity (Wildman–Crippen MR) is 83.0 cm³/mol. The van der Waals surface area contributed by atoms with Gasteiger partial charge < -0.3 is 14.8 Å². The van der Waals surface area contributed by atoms with Crippen molar-refractivity contribution >= 4 is 12.4 Å². The summed E-state index contributed by atoms with van der Waals surface area (Å²) in [6, 6.07) is 6.30. The van der Waals surface area contributed by atoms with Crippen molar-refractivity contribution in [3.8, 4) is 22.6 Å².